The number of unbranched alkanes of at least 4 members (excludes halogenated alkanes) is 1. The van der Waals surface area contributed by atoms with E-state index in [0.717, 1.165) is 12.8 Å². The van der Waals surface area contributed by atoms with E-state index in [4.69, 9.17) is 9.47 Å². The maximum atomic E-state index is 12.9. The van der Waals surface area contributed by atoms with E-state index in [1.54, 1.807) is 36.4 Å². The first-order valence-corrected chi connectivity index (χ1v) is 12.4. The van der Waals surface area contributed by atoms with Crippen LogP contribution >= 0.6 is 0 Å². The van der Waals surface area contributed by atoms with Gasteiger partial charge in [-0.15, -0.1) is 0 Å². The Morgan fingerprint density at radius 3 is 2.62 bits per heavy atom. The molecule has 0 saturated heterocycles. The summed E-state index contributed by atoms with van der Waals surface area (Å²) in [7, 11) is -2.17. The summed E-state index contributed by atoms with van der Waals surface area (Å²) >= 11 is 0. The summed E-state index contributed by atoms with van der Waals surface area (Å²) in [6.07, 6.45) is 4.60. The van der Waals surface area contributed by atoms with Crippen molar-refractivity contribution in [2.24, 2.45) is 5.92 Å². The van der Waals surface area contributed by atoms with Gasteiger partial charge in [0.15, 0.2) is 5.88 Å². The standard InChI is InChI=1S/C23H33N3O5S/c1-23(2,13-4-5-14-24-20-11-12-21(30-3)25-22(20)27)26-32(28,29)19-8-6-7-18(15-19)31-16-17-9-10-17/h6-8,11-12,15,17,24,26H,4-5,9-10,13-14,16H2,1-3H3,(H,25,27). The van der Waals surface area contributed by atoms with Crippen molar-refractivity contribution >= 4 is 15.7 Å². The smallest absolute Gasteiger partial charge is 0.274 e. The van der Waals surface area contributed by atoms with E-state index in [9.17, 15) is 13.2 Å². The zero-order valence-electron chi connectivity index (χ0n) is 18.9. The zero-order valence-corrected chi connectivity index (χ0v) is 19.8. The largest absolute Gasteiger partial charge is 0.493 e. The van der Waals surface area contributed by atoms with Gasteiger partial charge in [0.25, 0.3) is 5.56 Å². The molecule has 1 fully saturated rings. The van der Waals surface area contributed by atoms with Crippen LogP contribution in [-0.2, 0) is 10.0 Å². The van der Waals surface area contributed by atoms with E-state index in [0.29, 0.717) is 42.8 Å². The van der Waals surface area contributed by atoms with E-state index in [1.165, 1.54) is 20.0 Å². The molecule has 0 amide bonds. The van der Waals surface area contributed by atoms with Crippen LogP contribution in [0.15, 0.2) is 46.1 Å². The third-order valence-electron chi connectivity index (χ3n) is 5.36. The molecule has 1 aromatic carbocycles. The van der Waals surface area contributed by atoms with Crippen LogP contribution in [0.2, 0.25) is 0 Å². The van der Waals surface area contributed by atoms with Gasteiger partial charge in [-0.05, 0) is 70.1 Å². The minimum atomic E-state index is -3.66. The fourth-order valence-electron chi connectivity index (χ4n) is 3.33. The minimum Gasteiger partial charge on any atom is -0.493 e. The van der Waals surface area contributed by atoms with Gasteiger partial charge in [0, 0.05) is 24.2 Å². The number of aromatic nitrogens is 1. The van der Waals surface area contributed by atoms with Crippen LogP contribution < -0.4 is 25.1 Å². The molecule has 9 heteroatoms. The SMILES string of the molecule is COc1ccc(NCCCCC(C)(C)NS(=O)(=O)c2cccc(OCC3CC3)c2)c(=O)[nH]1. The van der Waals surface area contributed by atoms with E-state index in [-0.39, 0.29) is 10.5 Å². The molecule has 1 saturated carbocycles. The van der Waals surface area contributed by atoms with Crippen molar-refractivity contribution in [1.29, 1.82) is 0 Å². The molecule has 3 rings (SSSR count). The summed E-state index contributed by atoms with van der Waals surface area (Å²) in [6.45, 7) is 5.00. The van der Waals surface area contributed by atoms with Crippen LogP contribution in [0.1, 0.15) is 46.0 Å². The third-order valence-corrected chi connectivity index (χ3v) is 7.05. The fraction of sp³-hybridized carbons (Fsp3) is 0.522. The zero-order chi connectivity index (χ0) is 23.2. The summed E-state index contributed by atoms with van der Waals surface area (Å²) in [5.41, 5.74) is -0.364. The Balaban J connectivity index is 1.46. The number of methoxy groups -OCH3 is 1. The predicted octanol–water partition coefficient (Wildman–Crippen LogP) is 3.51. The lowest BCUT2D eigenvalue weighted by molar-refractivity contribution is 0.299. The Bertz CT molecular complexity index is 1060. The Morgan fingerprint density at radius 2 is 1.94 bits per heavy atom. The molecule has 32 heavy (non-hydrogen) atoms. The number of aromatic amines is 1. The maximum absolute atomic E-state index is 12.9. The van der Waals surface area contributed by atoms with Crippen LogP contribution in [0.3, 0.4) is 0 Å². The van der Waals surface area contributed by atoms with Crippen LogP contribution in [0, 0.1) is 5.92 Å². The van der Waals surface area contributed by atoms with Crippen LogP contribution in [0.5, 0.6) is 11.6 Å². The minimum absolute atomic E-state index is 0.208. The first-order valence-electron chi connectivity index (χ1n) is 11.0. The second-order valence-corrected chi connectivity index (χ2v) is 10.6. The van der Waals surface area contributed by atoms with Gasteiger partial charge in [-0.3, -0.25) is 9.78 Å². The fourth-order valence-corrected chi connectivity index (χ4v) is 4.81. The number of benzene rings is 1. The molecule has 0 aliphatic heterocycles. The lowest BCUT2D eigenvalue weighted by Gasteiger charge is -2.26. The monoisotopic (exact) mass is 463 g/mol. The molecular formula is C23H33N3O5S. The van der Waals surface area contributed by atoms with Crippen molar-refractivity contribution in [1.82, 2.24) is 9.71 Å². The van der Waals surface area contributed by atoms with Gasteiger partial charge < -0.3 is 14.8 Å². The molecule has 0 atom stereocenters. The quantitative estimate of drug-likeness (QED) is 0.392. The summed E-state index contributed by atoms with van der Waals surface area (Å²) in [6, 6.07) is 10.0. The van der Waals surface area contributed by atoms with E-state index in [1.807, 2.05) is 13.8 Å². The molecule has 176 valence electrons. The molecule has 2 aromatic rings. The number of H-pyrrole nitrogens is 1. The molecule has 0 radical (unpaired) electrons. The number of anilines is 1. The number of ether oxygens (including phenoxy) is 2. The molecule has 0 bridgehead atoms. The molecule has 3 N–H and O–H groups in total. The number of pyridine rings is 1. The summed E-state index contributed by atoms with van der Waals surface area (Å²) in [5.74, 6) is 1.59. The van der Waals surface area contributed by atoms with Crippen molar-refractivity contribution in [3.63, 3.8) is 0 Å². The van der Waals surface area contributed by atoms with E-state index < -0.39 is 15.6 Å². The lowest BCUT2D eigenvalue weighted by atomic mass is 9.99. The van der Waals surface area contributed by atoms with Gasteiger partial charge in [-0.25, -0.2) is 13.1 Å². The molecule has 1 heterocycles. The Kier molecular flexibility index (Phi) is 7.84. The molecule has 1 aliphatic rings. The Labute approximate surface area is 189 Å². The van der Waals surface area contributed by atoms with Gasteiger partial charge >= 0.3 is 0 Å². The topological polar surface area (TPSA) is 110 Å². The highest BCUT2D eigenvalue weighted by atomic mass is 32.2. The van der Waals surface area contributed by atoms with Crippen LogP contribution in [0.4, 0.5) is 5.69 Å². The number of sulfonamides is 1. The first kappa shape index (κ1) is 24.1. The maximum Gasteiger partial charge on any atom is 0.274 e. The molecule has 1 aliphatic carbocycles. The van der Waals surface area contributed by atoms with Crippen molar-refractivity contribution in [3.05, 3.63) is 46.8 Å². The normalized spacial score (nSPS) is 14.2. The Morgan fingerprint density at radius 1 is 1.16 bits per heavy atom. The first-order chi connectivity index (χ1) is 15.2. The van der Waals surface area contributed by atoms with Crippen molar-refractivity contribution < 1.29 is 17.9 Å². The molecular weight excluding hydrogens is 430 g/mol. The van der Waals surface area contributed by atoms with Gasteiger partial charge in [-0.1, -0.05) is 6.07 Å². The number of rotatable bonds is 13. The lowest BCUT2D eigenvalue weighted by Crippen LogP contribution is -2.43. The third kappa shape index (κ3) is 7.27. The van der Waals surface area contributed by atoms with Crippen molar-refractivity contribution in [2.75, 3.05) is 25.6 Å². The van der Waals surface area contributed by atoms with Crippen molar-refractivity contribution in [2.45, 2.75) is 56.4 Å². The van der Waals surface area contributed by atoms with Crippen LogP contribution in [0.25, 0.3) is 0 Å². The van der Waals surface area contributed by atoms with E-state index >= 15 is 0 Å². The number of hydrogen-bond donors (Lipinski definition) is 3. The van der Waals surface area contributed by atoms with E-state index in [2.05, 4.69) is 15.0 Å². The second-order valence-electron chi connectivity index (χ2n) is 8.87. The highest BCUT2D eigenvalue weighted by Crippen LogP contribution is 2.30. The molecule has 1 aromatic heterocycles. The molecule has 0 unspecified atom stereocenters. The second kappa shape index (κ2) is 10.4. The van der Waals surface area contributed by atoms with Crippen molar-refractivity contribution in [3.8, 4) is 11.6 Å². The van der Waals surface area contributed by atoms with Gasteiger partial charge in [0.2, 0.25) is 10.0 Å². The number of hydrogen-bond acceptors (Lipinski definition) is 6. The highest BCUT2D eigenvalue weighted by molar-refractivity contribution is 7.89. The Hall–Kier alpha value is -2.52. The number of nitrogens with one attached hydrogen (secondary N) is 3. The summed E-state index contributed by atoms with van der Waals surface area (Å²) in [5, 5.41) is 3.10. The molecule has 8 nitrogen and oxygen atoms in total. The summed E-state index contributed by atoms with van der Waals surface area (Å²) < 4.78 is 39.3. The van der Waals surface area contributed by atoms with Gasteiger partial charge in [-0.2, -0.15) is 0 Å². The average Bonchev–Trinajstić information content (AvgIpc) is 3.57. The van der Waals surface area contributed by atoms with Crippen LogP contribution in [-0.4, -0.2) is 39.2 Å². The highest BCUT2D eigenvalue weighted by Gasteiger charge is 2.26. The van der Waals surface area contributed by atoms with Gasteiger partial charge in [0.1, 0.15) is 11.4 Å². The average molecular weight is 464 g/mol. The molecule has 0 spiro atoms. The predicted molar refractivity (Wildman–Crippen MR) is 125 cm³/mol. The summed E-state index contributed by atoms with van der Waals surface area (Å²) in [4.78, 5) is 14.8. The van der Waals surface area contributed by atoms with Gasteiger partial charge in [0.05, 0.1) is 18.6 Å².